The fraction of sp³-hybridized carbons (Fsp3) is 0.250. The Morgan fingerprint density at radius 1 is 1.05 bits per heavy atom. The van der Waals surface area contributed by atoms with Crippen LogP contribution in [0, 0.1) is 5.82 Å². The lowest BCUT2D eigenvalue weighted by molar-refractivity contribution is 0.545. The summed E-state index contributed by atoms with van der Waals surface area (Å²) in [6, 6.07) is 11.1. The first-order chi connectivity index (χ1) is 9.99. The van der Waals surface area contributed by atoms with Crippen molar-refractivity contribution in [1.29, 1.82) is 0 Å². The van der Waals surface area contributed by atoms with Crippen LogP contribution in [0.1, 0.15) is 24.1 Å². The van der Waals surface area contributed by atoms with E-state index >= 15 is 0 Å². The molecular formula is C16H15Br3FN. The minimum atomic E-state index is -0.209. The molecule has 0 aliphatic heterocycles. The lowest BCUT2D eigenvalue weighted by atomic mass is 9.99. The largest absolute Gasteiger partial charge is 0.310 e. The molecule has 0 bridgehead atoms. The summed E-state index contributed by atoms with van der Waals surface area (Å²) in [5.74, 6) is -0.209. The number of hydrogen-bond donors (Lipinski definition) is 1. The molecule has 1 nitrogen and oxygen atoms in total. The Morgan fingerprint density at radius 2 is 1.71 bits per heavy atom. The molecule has 21 heavy (non-hydrogen) atoms. The topological polar surface area (TPSA) is 12.0 Å². The number of rotatable bonds is 5. The van der Waals surface area contributed by atoms with Crippen LogP contribution in [0.15, 0.2) is 49.8 Å². The van der Waals surface area contributed by atoms with E-state index in [2.05, 4.69) is 72.2 Å². The van der Waals surface area contributed by atoms with Crippen molar-refractivity contribution in [2.45, 2.75) is 19.4 Å². The van der Waals surface area contributed by atoms with Crippen LogP contribution in [-0.2, 0) is 6.42 Å². The molecule has 1 atom stereocenters. The third-order valence-electron chi connectivity index (χ3n) is 3.17. The zero-order valence-electron chi connectivity index (χ0n) is 11.5. The highest BCUT2D eigenvalue weighted by atomic mass is 79.9. The van der Waals surface area contributed by atoms with Crippen molar-refractivity contribution >= 4 is 47.8 Å². The molecule has 0 aliphatic carbocycles. The lowest BCUT2D eigenvalue weighted by Crippen LogP contribution is -2.23. The second-order valence-corrected chi connectivity index (χ2v) is 7.44. The first kappa shape index (κ1) is 17.1. The summed E-state index contributed by atoms with van der Waals surface area (Å²) in [7, 11) is 0. The first-order valence-electron chi connectivity index (χ1n) is 6.63. The van der Waals surface area contributed by atoms with Gasteiger partial charge in [-0.15, -0.1) is 0 Å². The van der Waals surface area contributed by atoms with Crippen molar-refractivity contribution in [2.24, 2.45) is 0 Å². The van der Waals surface area contributed by atoms with Gasteiger partial charge in [-0.1, -0.05) is 54.7 Å². The van der Waals surface area contributed by atoms with Gasteiger partial charge in [0.1, 0.15) is 5.82 Å². The van der Waals surface area contributed by atoms with Crippen molar-refractivity contribution in [2.75, 3.05) is 6.54 Å². The molecule has 0 spiro atoms. The summed E-state index contributed by atoms with van der Waals surface area (Å²) in [6.45, 7) is 2.92. The van der Waals surface area contributed by atoms with Gasteiger partial charge in [0.15, 0.2) is 0 Å². The Bertz CT molecular complexity index is 611. The van der Waals surface area contributed by atoms with Gasteiger partial charge in [0, 0.05) is 19.5 Å². The molecule has 112 valence electrons. The summed E-state index contributed by atoms with van der Waals surface area (Å²) >= 11 is 10.5. The molecule has 1 N–H and O–H groups in total. The summed E-state index contributed by atoms with van der Waals surface area (Å²) in [4.78, 5) is 0. The van der Waals surface area contributed by atoms with E-state index in [9.17, 15) is 4.39 Å². The van der Waals surface area contributed by atoms with E-state index in [1.54, 1.807) is 12.1 Å². The zero-order valence-corrected chi connectivity index (χ0v) is 16.2. The fourth-order valence-electron chi connectivity index (χ4n) is 2.25. The van der Waals surface area contributed by atoms with Gasteiger partial charge in [-0.05, 0) is 60.5 Å². The van der Waals surface area contributed by atoms with Crippen LogP contribution in [0.3, 0.4) is 0 Å². The minimum Gasteiger partial charge on any atom is -0.310 e. The highest BCUT2D eigenvalue weighted by molar-refractivity contribution is 9.11. The van der Waals surface area contributed by atoms with Crippen LogP contribution >= 0.6 is 47.8 Å². The maximum absolute atomic E-state index is 13.5. The fourth-order valence-corrected chi connectivity index (χ4v) is 3.99. The molecule has 0 heterocycles. The molecule has 2 rings (SSSR count). The van der Waals surface area contributed by atoms with Gasteiger partial charge < -0.3 is 5.32 Å². The van der Waals surface area contributed by atoms with Gasteiger partial charge in [-0.25, -0.2) is 4.39 Å². The quantitative estimate of drug-likeness (QED) is 0.554. The third kappa shape index (κ3) is 4.88. The molecule has 0 radical (unpaired) electrons. The SMILES string of the molecule is CCNC(Cc1cc(F)ccc1Br)c1cc(Br)cc(Br)c1. The van der Waals surface area contributed by atoms with Gasteiger partial charge >= 0.3 is 0 Å². The molecule has 0 aliphatic rings. The van der Waals surface area contributed by atoms with Crippen LogP contribution in [-0.4, -0.2) is 6.54 Å². The Hall–Kier alpha value is -0.230. The van der Waals surface area contributed by atoms with E-state index in [0.717, 1.165) is 37.5 Å². The molecule has 1 unspecified atom stereocenters. The predicted molar refractivity (Wildman–Crippen MR) is 96.1 cm³/mol. The van der Waals surface area contributed by atoms with Crippen LogP contribution in [0.2, 0.25) is 0 Å². The Labute approximate surface area is 149 Å². The maximum Gasteiger partial charge on any atom is 0.123 e. The van der Waals surface area contributed by atoms with Gasteiger partial charge in [0.2, 0.25) is 0 Å². The smallest absolute Gasteiger partial charge is 0.123 e. The summed E-state index contributed by atoms with van der Waals surface area (Å²) in [5.41, 5.74) is 2.12. The summed E-state index contributed by atoms with van der Waals surface area (Å²) in [6.07, 6.45) is 0.717. The Balaban J connectivity index is 2.32. The highest BCUT2D eigenvalue weighted by Gasteiger charge is 2.14. The van der Waals surface area contributed by atoms with E-state index in [0.29, 0.717) is 0 Å². The maximum atomic E-state index is 13.5. The van der Waals surface area contributed by atoms with Gasteiger partial charge in [0.25, 0.3) is 0 Å². The van der Waals surface area contributed by atoms with E-state index in [4.69, 9.17) is 0 Å². The van der Waals surface area contributed by atoms with Crippen LogP contribution < -0.4 is 5.32 Å². The normalized spacial score (nSPS) is 12.4. The summed E-state index contributed by atoms with van der Waals surface area (Å²) in [5, 5.41) is 3.46. The standard InChI is InChI=1S/C16H15Br3FN/c1-2-21-16(11-5-12(17)9-13(18)6-11)8-10-7-14(20)3-4-15(10)19/h3-7,9,16,21H,2,8H2,1H3. The molecule has 2 aromatic carbocycles. The monoisotopic (exact) mass is 477 g/mol. The Kier molecular flexibility index (Phi) is 6.41. The average Bonchev–Trinajstić information content (AvgIpc) is 2.41. The number of benzene rings is 2. The van der Waals surface area contributed by atoms with Crippen molar-refractivity contribution in [1.82, 2.24) is 5.32 Å². The molecule has 0 aromatic heterocycles. The molecule has 0 amide bonds. The second kappa shape index (κ2) is 7.86. The molecule has 0 fully saturated rings. The predicted octanol–water partition coefficient (Wildman–Crippen LogP) is 6.01. The molecule has 2 aromatic rings. The van der Waals surface area contributed by atoms with Crippen molar-refractivity contribution < 1.29 is 4.39 Å². The number of halogens is 4. The number of likely N-dealkylation sites (N-methyl/N-ethyl adjacent to an activating group) is 1. The van der Waals surface area contributed by atoms with Crippen molar-refractivity contribution in [3.63, 3.8) is 0 Å². The lowest BCUT2D eigenvalue weighted by Gasteiger charge is -2.20. The van der Waals surface area contributed by atoms with E-state index in [-0.39, 0.29) is 11.9 Å². The van der Waals surface area contributed by atoms with Gasteiger partial charge in [-0.2, -0.15) is 0 Å². The average molecular weight is 480 g/mol. The zero-order chi connectivity index (χ0) is 15.4. The van der Waals surface area contributed by atoms with Crippen LogP contribution in [0.4, 0.5) is 4.39 Å². The van der Waals surface area contributed by atoms with Crippen LogP contribution in [0.5, 0.6) is 0 Å². The second-order valence-electron chi connectivity index (χ2n) is 4.75. The minimum absolute atomic E-state index is 0.127. The summed E-state index contributed by atoms with van der Waals surface area (Å²) < 4.78 is 16.4. The van der Waals surface area contributed by atoms with Gasteiger partial charge in [0.05, 0.1) is 0 Å². The number of hydrogen-bond acceptors (Lipinski definition) is 1. The molecule has 5 heteroatoms. The molecule has 0 saturated carbocycles. The van der Waals surface area contributed by atoms with Crippen molar-refractivity contribution in [3.8, 4) is 0 Å². The molecular weight excluding hydrogens is 465 g/mol. The number of nitrogens with one attached hydrogen (secondary N) is 1. The van der Waals surface area contributed by atoms with E-state index < -0.39 is 0 Å². The van der Waals surface area contributed by atoms with Gasteiger partial charge in [-0.3, -0.25) is 0 Å². The molecule has 0 saturated heterocycles. The van der Waals surface area contributed by atoms with Crippen molar-refractivity contribution in [3.05, 3.63) is 66.8 Å². The van der Waals surface area contributed by atoms with E-state index in [1.165, 1.54) is 6.07 Å². The van der Waals surface area contributed by atoms with Crippen LogP contribution in [0.25, 0.3) is 0 Å². The first-order valence-corrected chi connectivity index (χ1v) is 9.00. The highest BCUT2D eigenvalue weighted by Crippen LogP contribution is 2.28. The Morgan fingerprint density at radius 3 is 2.33 bits per heavy atom. The van der Waals surface area contributed by atoms with E-state index in [1.807, 2.05) is 6.07 Å². The third-order valence-corrected chi connectivity index (χ3v) is 4.86.